The Hall–Kier alpha value is -1.62. The Labute approximate surface area is 165 Å². The normalized spacial score (nSPS) is 18.1. The lowest BCUT2D eigenvalue weighted by atomic mass is 10.1. The van der Waals surface area contributed by atoms with Gasteiger partial charge < -0.3 is 15.0 Å². The van der Waals surface area contributed by atoms with Crippen LogP contribution in [0.1, 0.15) is 18.1 Å². The number of hydrogen-bond acceptors (Lipinski definition) is 4. The third-order valence-corrected chi connectivity index (χ3v) is 4.08. The number of morpholine rings is 1. The molecule has 2 aromatic heterocycles. The van der Waals surface area contributed by atoms with Gasteiger partial charge in [-0.1, -0.05) is 0 Å². The molecule has 1 fully saturated rings. The zero-order valence-electron chi connectivity index (χ0n) is 14.7. The number of nitrogens with one attached hydrogen (secondary N) is 1. The number of hydrogen-bond donors (Lipinski definition) is 1. The maximum Gasteiger partial charge on any atom is 0.193 e. The van der Waals surface area contributed by atoms with Gasteiger partial charge in [-0.3, -0.25) is 14.4 Å². The molecule has 0 saturated carbocycles. The molecular weight excluding hydrogens is 433 g/mol. The fourth-order valence-corrected chi connectivity index (χ4v) is 2.86. The number of rotatable bonds is 5. The third-order valence-electron chi connectivity index (χ3n) is 4.08. The van der Waals surface area contributed by atoms with E-state index in [9.17, 15) is 0 Å². The summed E-state index contributed by atoms with van der Waals surface area (Å²) in [7, 11) is 3.74. The summed E-state index contributed by atoms with van der Waals surface area (Å²) in [6, 6.07) is 1.94. The van der Waals surface area contributed by atoms with Crippen LogP contribution in [0.15, 0.2) is 35.8 Å². The summed E-state index contributed by atoms with van der Waals surface area (Å²) >= 11 is 0. The van der Waals surface area contributed by atoms with Crippen LogP contribution in [-0.2, 0) is 18.3 Å². The Bertz CT molecular complexity index is 655. The van der Waals surface area contributed by atoms with E-state index in [-0.39, 0.29) is 30.1 Å². The van der Waals surface area contributed by atoms with E-state index >= 15 is 0 Å². The molecule has 3 heterocycles. The molecule has 0 spiro atoms. The monoisotopic (exact) mass is 459 g/mol. The smallest absolute Gasteiger partial charge is 0.193 e. The SMILES string of the molecule is CN=C(NCCCn1cccn1)N1CCOC(c2cnn(C)c2)C1.I. The highest BCUT2D eigenvalue weighted by Crippen LogP contribution is 2.21. The standard InChI is InChI=1S/C16H25N7O.HI/c1-17-16(18-5-3-7-23-8-4-6-19-23)22-9-10-24-15(13-22)14-11-20-21(2)12-14;/h4,6,8,11-12,15H,3,5,7,9-10,13H2,1-2H3,(H,17,18);1H. The van der Waals surface area contributed by atoms with Crippen LogP contribution in [0.3, 0.4) is 0 Å². The number of guanidine groups is 1. The van der Waals surface area contributed by atoms with Gasteiger partial charge in [0.15, 0.2) is 5.96 Å². The van der Waals surface area contributed by atoms with Crippen LogP contribution < -0.4 is 5.32 Å². The van der Waals surface area contributed by atoms with Crippen LogP contribution in [0.4, 0.5) is 0 Å². The van der Waals surface area contributed by atoms with Gasteiger partial charge >= 0.3 is 0 Å². The molecule has 3 rings (SSSR count). The van der Waals surface area contributed by atoms with Gasteiger partial charge in [0.05, 0.1) is 19.3 Å². The van der Waals surface area contributed by atoms with E-state index < -0.39 is 0 Å². The highest BCUT2D eigenvalue weighted by molar-refractivity contribution is 14.0. The van der Waals surface area contributed by atoms with E-state index in [0.717, 1.165) is 44.1 Å². The summed E-state index contributed by atoms with van der Waals surface area (Å²) < 4.78 is 9.64. The predicted molar refractivity (Wildman–Crippen MR) is 107 cm³/mol. The number of aromatic nitrogens is 4. The minimum atomic E-state index is 0. The van der Waals surface area contributed by atoms with Crippen molar-refractivity contribution in [1.82, 2.24) is 29.8 Å². The first kappa shape index (κ1) is 19.7. The second kappa shape index (κ2) is 9.76. The van der Waals surface area contributed by atoms with E-state index in [1.807, 2.05) is 43.4 Å². The number of ether oxygens (including phenoxy) is 1. The van der Waals surface area contributed by atoms with Gasteiger partial charge in [-0.2, -0.15) is 10.2 Å². The second-order valence-electron chi connectivity index (χ2n) is 5.85. The van der Waals surface area contributed by atoms with Gasteiger partial charge in [0, 0.05) is 57.9 Å². The van der Waals surface area contributed by atoms with Crippen molar-refractivity contribution in [3.05, 3.63) is 36.4 Å². The van der Waals surface area contributed by atoms with Crippen molar-refractivity contribution in [1.29, 1.82) is 0 Å². The van der Waals surface area contributed by atoms with E-state index in [2.05, 4.69) is 25.4 Å². The molecule has 2 aromatic rings. The molecule has 1 N–H and O–H groups in total. The van der Waals surface area contributed by atoms with Gasteiger partial charge in [0.25, 0.3) is 0 Å². The minimum Gasteiger partial charge on any atom is -0.370 e. The van der Waals surface area contributed by atoms with Crippen LogP contribution in [0.2, 0.25) is 0 Å². The zero-order chi connectivity index (χ0) is 16.8. The molecule has 0 aromatic carbocycles. The van der Waals surface area contributed by atoms with Gasteiger partial charge in [-0.25, -0.2) is 0 Å². The number of aliphatic imine (C=N–C) groups is 1. The van der Waals surface area contributed by atoms with Crippen LogP contribution >= 0.6 is 24.0 Å². The molecule has 0 amide bonds. The Morgan fingerprint density at radius 2 is 2.32 bits per heavy atom. The zero-order valence-corrected chi connectivity index (χ0v) is 17.0. The number of aryl methyl sites for hydroxylation is 2. The summed E-state index contributed by atoms with van der Waals surface area (Å²) in [4.78, 5) is 6.66. The fraction of sp³-hybridized carbons (Fsp3) is 0.562. The molecule has 1 aliphatic heterocycles. The van der Waals surface area contributed by atoms with Crippen molar-refractivity contribution in [2.24, 2.45) is 12.0 Å². The lowest BCUT2D eigenvalue weighted by Crippen LogP contribution is -2.48. The minimum absolute atomic E-state index is 0. The van der Waals surface area contributed by atoms with Crippen molar-refractivity contribution in [3.8, 4) is 0 Å². The highest BCUT2D eigenvalue weighted by atomic mass is 127. The average molecular weight is 459 g/mol. The quantitative estimate of drug-likeness (QED) is 0.316. The number of halogens is 1. The maximum atomic E-state index is 5.89. The molecule has 0 bridgehead atoms. The molecule has 1 unspecified atom stereocenters. The summed E-state index contributed by atoms with van der Waals surface area (Å²) in [5.41, 5.74) is 1.11. The largest absolute Gasteiger partial charge is 0.370 e. The number of nitrogens with zero attached hydrogens (tertiary/aromatic N) is 6. The third kappa shape index (κ3) is 5.43. The topological polar surface area (TPSA) is 72.5 Å². The first-order chi connectivity index (χ1) is 11.8. The average Bonchev–Trinajstić information content (AvgIpc) is 3.27. The van der Waals surface area contributed by atoms with Gasteiger partial charge in [0.1, 0.15) is 6.10 Å². The molecule has 9 heteroatoms. The summed E-state index contributed by atoms with van der Waals surface area (Å²) in [5.74, 6) is 0.924. The van der Waals surface area contributed by atoms with E-state index in [1.54, 1.807) is 10.9 Å². The first-order valence-corrected chi connectivity index (χ1v) is 8.29. The first-order valence-electron chi connectivity index (χ1n) is 8.29. The highest BCUT2D eigenvalue weighted by Gasteiger charge is 2.24. The Balaban J connectivity index is 0.00000225. The van der Waals surface area contributed by atoms with E-state index in [4.69, 9.17) is 4.74 Å². The van der Waals surface area contributed by atoms with Crippen molar-refractivity contribution in [2.45, 2.75) is 19.1 Å². The molecule has 1 saturated heterocycles. The van der Waals surface area contributed by atoms with Crippen molar-refractivity contribution in [2.75, 3.05) is 33.3 Å². The molecule has 8 nitrogen and oxygen atoms in total. The van der Waals surface area contributed by atoms with Gasteiger partial charge in [-0.05, 0) is 12.5 Å². The van der Waals surface area contributed by atoms with Crippen LogP contribution in [0.25, 0.3) is 0 Å². The Kier molecular flexibility index (Phi) is 7.69. The van der Waals surface area contributed by atoms with Crippen molar-refractivity contribution >= 4 is 29.9 Å². The maximum absolute atomic E-state index is 5.89. The second-order valence-corrected chi connectivity index (χ2v) is 5.85. The van der Waals surface area contributed by atoms with Crippen LogP contribution in [-0.4, -0.2) is 63.7 Å². The summed E-state index contributed by atoms with van der Waals surface area (Å²) in [5, 5.41) is 11.9. The van der Waals surface area contributed by atoms with Gasteiger partial charge in [0.2, 0.25) is 0 Å². The van der Waals surface area contributed by atoms with Crippen molar-refractivity contribution < 1.29 is 4.74 Å². The van der Waals surface area contributed by atoms with E-state index in [0.29, 0.717) is 6.61 Å². The Morgan fingerprint density at radius 3 is 3.00 bits per heavy atom. The molecule has 25 heavy (non-hydrogen) atoms. The molecular formula is C16H26IN7O. The molecule has 0 radical (unpaired) electrons. The van der Waals surface area contributed by atoms with Crippen molar-refractivity contribution in [3.63, 3.8) is 0 Å². The van der Waals surface area contributed by atoms with Crippen LogP contribution in [0, 0.1) is 0 Å². The lowest BCUT2D eigenvalue weighted by molar-refractivity contribution is -0.00802. The lowest BCUT2D eigenvalue weighted by Gasteiger charge is -2.34. The Morgan fingerprint density at radius 1 is 1.44 bits per heavy atom. The van der Waals surface area contributed by atoms with E-state index in [1.165, 1.54) is 0 Å². The molecule has 1 atom stereocenters. The predicted octanol–water partition coefficient (Wildman–Crippen LogP) is 1.27. The summed E-state index contributed by atoms with van der Waals surface area (Å²) in [6.45, 7) is 4.08. The summed E-state index contributed by atoms with van der Waals surface area (Å²) in [6.07, 6.45) is 8.70. The molecule has 138 valence electrons. The fourth-order valence-electron chi connectivity index (χ4n) is 2.86. The van der Waals surface area contributed by atoms with Crippen LogP contribution in [0.5, 0.6) is 0 Å². The van der Waals surface area contributed by atoms with Gasteiger partial charge in [-0.15, -0.1) is 24.0 Å². The molecule has 0 aliphatic carbocycles. The molecule has 1 aliphatic rings.